The van der Waals surface area contributed by atoms with E-state index in [0.717, 1.165) is 5.56 Å². The average Bonchev–Trinajstić information content (AvgIpc) is 2.63. The molecule has 0 atom stereocenters. The lowest BCUT2D eigenvalue weighted by molar-refractivity contribution is -0.134. The Morgan fingerprint density at radius 3 is 2.07 bits per heavy atom. The SMILES string of the molecule is CC(=O)OC1=C(c2ccccc2)COc2c1ccc(OC(C)=O)c2OC(C)=O. The van der Waals surface area contributed by atoms with Gasteiger partial charge in [0.05, 0.1) is 5.56 Å². The van der Waals surface area contributed by atoms with Crippen LogP contribution >= 0.6 is 0 Å². The lowest BCUT2D eigenvalue weighted by Gasteiger charge is -2.25. The molecule has 0 radical (unpaired) electrons. The fraction of sp³-hybridized carbons (Fsp3) is 0.190. The van der Waals surface area contributed by atoms with Crippen LogP contribution in [0.25, 0.3) is 11.3 Å². The lowest BCUT2D eigenvalue weighted by atomic mass is 9.98. The molecule has 7 nitrogen and oxygen atoms in total. The number of rotatable bonds is 4. The van der Waals surface area contributed by atoms with Gasteiger partial charge in [-0.05, 0) is 17.7 Å². The van der Waals surface area contributed by atoms with Gasteiger partial charge < -0.3 is 18.9 Å². The van der Waals surface area contributed by atoms with Crippen LogP contribution in [0.1, 0.15) is 31.9 Å². The van der Waals surface area contributed by atoms with Crippen LogP contribution in [-0.2, 0) is 19.1 Å². The van der Waals surface area contributed by atoms with Crippen molar-refractivity contribution >= 4 is 29.2 Å². The Balaban J connectivity index is 2.21. The molecule has 144 valence electrons. The first-order valence-corrected chi connectivity index (χ1v) is 8.50. The maximum Gasteiger partial charge on any atom is 0.308 e. The zero-order valence-electron chi connectivity index (χ0n) is 15.6. The summed E-state index contributed by atoms with van der Waals surface area (Å²) >= 11 is 0. The minimum atomic E-state index is -0.614. The Bertz CT molecular complexity index is 974. The molecule has 0 saturated heterocycles. The molecule has 28 heavy (non-hydrogen) atoms. The second kappa shape index (κ2) is 7.96. The third-order valence-corrected chi connectivity index (χ3v) is 3.82. The molecule has 0 amide bonds. The Hall–Kier alpha value is -3.61. The van der Waals surface area contributed by atoms with Crippen molar-refractivity contribution in [3.63, 3.8) is 0 Å². The van der Waals surface area contributed by atoms with Gasteiger partial charge >= 0.3 is 17.9 Å². The number of fused-ring (bicyclic) bond motifs is 1. The zero-order valence-corrected chi connectivity index (χ0v) is 15.6. The van der Waals surface area contributed by atoms with Gasteiger partial charge in [-0.25, -0.2) is 0 Å². The van der Waals surface area contributed by atoms with E-state index >= 15 is 0 Å². The molecule has 0 aliphatic carbocycles. The molecule has 1 heterocycles. The van der Waals surface area contributed by atoms with Crippen molar-refractivity contribution in [3.05, 3.63) is 53.6 Å². The standard InChI is InChI=1S/C21H18O7/c1-12(22)26-18-10-9-16-19(27-13(2)23)17(15-7-5-4-6-8-15)11-25-20(16)21(18)28-14(3)24/h4-10H,11H2,1-3H3. The van der Waals surface area contributed by atoms with E-state index in [4.69, 9.17) is 18.9 Å². The number of hydrogen-bond acceptors (Lipinski definition) is 7. The summed E-state index contributed by atoms with van der Waals surface area (Å²) in [6.07, 6.45) is 0. The van der Waals surface area contributed by atoms with Gasteiger partial charge in [0.1, 0.15) is 12.4 Å². The van der Waals surface area contributed by atoms with Crippen molar-refractivity contribution in [1.82, 2.24) is 0 Å². The van der Waals surface area contributed by atoms with Crippen molar-refractivity contribution in [2.45, 2.75) is 20.8 Å². The predicted octanol–water partition coefficient (Wildman–Crippen LogP) is 3.36. The van der Waals surface area contributed by atoms with Crippen molar-refractivity contribution in [3.8, 4) is 17.2 Å². The smallest absolute Gasteiger partial charge is 0.308 e. The number of benzene rings is 2. The molecule has 0 unspecified atom stereocenters. The van der Waals surface area contributed by atoms with Crippen LogP contribution in [-0.4, -0.2) is 24.5 Å². The fourth-order valence-electron chi connectivity index (χ4n) is 2.83. The second-order valence-electron chi connectivity index (χ2n) is 6.01. The maximum atomic E-state index is 11.7. The molecule has 0 aromatic heterocycles. The summed E-state index contributed by atoms with van der Waals surface area (Å²) in [5.74, 6) is -1.26. The summed E-state index contributed by atoms with van der Waals surface area (Å²) in [6.45, 7) is 3.82. The molecular weight excluding hydrogens is 364 g/mol. The van der Waals surface area contributed by atoms with E-state index in [1.807, 2.05) is 30.3 Å². The van der Waals surface area contributed by atoms with Crippen molar-refractivity contribution in [1.29, 1.82) is 0 Å². The van der Waals surface area contributed by atoms with E-state index in [1.54, 1.807) is 6.07 Å². The largest absolute Gasteiger partial charge is 0.484 e. The van der Waals surface area contributed by atoms with Gasteiger partial charge in [-0.3, -0.25) is 14.4 Å². The third kappa shape index (κ3) is 4.03. The first-order chi connectivity index (χ1) is 13.4. The molecular formula is C21H18O7. The van der Waals surface area contributed by atoms with Crippen molar-refractivity contribution in [2.24, 2.45) is 0 Å². The van der Waals surface area contributed by atoms with Gasteiger partial charge in [-0.15, -0.1) is 0 Å². The topological polar surface area (TPSA) is 88.1 Å². The summed E-state index contributed by atoms with van der Waals surface area (Å²) in [7, 11) is 0. The van der Waals surface area contributed by atoms with Crippen LogP contribution in [0.2, 0.25) is 0 Å². The molecule has 3 rings (SSSR count). The van der Waals surface area contributed by atoms with Crippen LogP contribution in [0, 0.1) is 0 Å². The van der Waals surface area contributed by atoms with Crippen LogP contribution < -0.4 is 14.2 Å². The van der Waals surface area contributed by atoms with Crippen molar-refractivity contribution < 1.29 is 33.3 Å². The average molecular weight is 382 g/mol. The molecule has 2 aromatic rings. The minimum absolute atomic E-state index is 0.0341. The normalized spacial score (nSPS) is 12.5. The first kappa shape index (κ1) is 19.2. The summed E-state index contributed by atoms with van der Waals surface area (Å²) in [4.78, 5) is 34.7. The highest BCUT2D eigenvalue weighted by Crippen LogP contribution is 2.47. The molecule has 7 heteroatoms. The Kier molecular flexibility index (Phi) is 5.44. The molecule has 0 saturated carbocycles. The van der Waals surface area contributed by atoms with Crippen LogP contribution in [0.4, 0.5) is 0 Å². The van der Waals surface area contributed by atoms with Crippen LogP contribution in [0.15, 0.2) is 42.5 Å². The summed E-state index contributed by atoms with van der Waals surface area (Å²) < 4.78 is 21.7. The monoisotopic (exact) mass is 382 g/mol. The first-order valence-electron chi connectivity index (χ1n) is 8.50. The van der Waals surface area contributed by atoms with Crippen LogP contribution in [0.5, 0.6) is 17.2 Å². The molecule has 1 aliphatic heterocycles. The van der Waals surface area contributed by atoms with E-state index in [0.29, 0.717) is 16.9 Å². The number of carbonyl (C=O) groups is 3. The highest BCUT2D eigenvalue weighted by atomic mass is 16.6. The summed E-state index contributed by atoms with van der Waals surface area (Å²) in [5, 5.41) is 0. The van der Waals surface area contributed by atoms with E-state index in [-0.39, 0.29) is 23.9 Å². The Morgan fingerprint density at radius 1 is 0.821 bits per heavy atom. The minimum Gasteiger partial charge on any atom is -0.484 e. The number of ether oxygens (including phenoxy) is 4. The van der Waals surface area contributed by atoms with E-state index in [9.17, 15) is 14.4 Å². The van der Waals surface area contributed by atoms with E-state index in [2.05, 4.69) is 0 Å². The Morgan fingerprint density at radius 2 is 1.46 bits per heavy atom. The van der Waals surface area contributed by atoms with Gasteiger partial charge in [0, 0.05) is 26.3 Å². The molecule has 0 N–H and O–H groups in total. The molecule has 2 aromatic carbocycles. The molecule has 0 fully saturated rings. The van der Waals surface area contributed by atoms with Gasteiger partial charge in [-0.2, -0.15) is 0 Å². The lowest BCUT2D eigenvalue weighted by Crippen LogP contribution is -2.16. The second-order valence-corrected chi connectivity index (χ2v) is 6.01. The maximum absolute atomic E-state index is 11.7. The zero-order chi connectivity index (χ0) is 20.3. The molecule has 0 spiro atoms. The molecule has 1 aliphatic rings. The quantitative estimate of drug-likeness (QED) is 0.592. The van der Waals surface area contributed by atoms with Gasteiger partial charge in [0.2, 0.25) is 5.75 Å². The number of hydrogen-bond donors (Lipinski definition) is 0. The van der Waals surface area contributed by atoms with Crippen LogP contribution in [0.3, 0.4) is 0 Å². The highest BCUT2D eigenvalue weighted by Gasteiger charge is 2.30. The van der Waals surface area contributed by atoms with Crippen molar-refractivity contribution in [2.75, 3.05) is 6.61 Å². The Labute approximate surface area is 161 Å². The van der Waals surface area contributed by atoms with E-state index < -0.39 is 17.9 Å². The highest BCUT2D eigenvalue weighted by molar-refractivity contribution is 5.96. The number of esters is 3. The summed E-state index contributed by atoms with van der Waals surface area (Å²) in [5.41, 5.74) is 1.90. The van der Waals surface area contributed by atoms with E-state index in [1.165, 1.54) is 26.8 Å². The fourth-order valence-corrected chi connectivity index (χ4v) is 2.83. The summed E-state index contributed by atoms with van der Waals surface area (Å²) in [6, 6.07) is 12.4. The number of carbonyl (C=O) groups excluding carboxylic acids is 3. The third-order valence-electron chi connectivity index (χ3n) is 3.82. The van der Waals surface area contributed by atoms with Gasteiger partial charge in [0.15, 0.2) is 11.5 Å². The predicted molar refractivity (Wildman–Crippen MR) is 99.6 cm³/mol. The molecule has 0 bridgehead atoms. The van der Waals surface area contributed by atoms with Gasteiger partial charge in [0.25, 0.3) is 0 Å². The van der Waals surface area contributed by atoms with Gasteiger partial charge in [-0.1, -0.05) is 30.3 Å².